The first-order valence-electron chi connectivity index (χ1n) is 14.6. The highest BCUT2D eigenvalue weighted by atomic mass is 16.6. The summed E-state index contributed by atoms with van der Waals surface area (Å²) in [6.45, 7) is -0.448. The summed E-state index contributed by atoms with van der Waals surface area (Å²) < 4.78 is 33.2. The fourth-order valence-electron chi connectivity index (χ4n) is 4.69. The van der Waals surface area contributed by atoms with Crippen LogP contribution in [-0.4, -0.2) is 141 Å². The van der Waals surface area contributed by atoms with Gasteiger partial charge in [-0.2, -0.15) is 0 Å². The van der Waals surface area contributed by atoms with Crippen LogP contribution >= 0.6 is 0 Å². The molecule has 8 N–H and O–H groups in total. The third kappa shape index (κ3) is 9.57. The maximum atomic E-state index is 11.9. The van der Waals surface area contributed by atoms with Gasteiger partial charge in [0.1, 0.15) is 49.8 Å². The monoisotopic (exact) mass is 688 g/mol. The van der Waals surface area contributed by atoms with Gasteiger partial charge in [0.25, 0.3) is 11.1 Å². The van der Waals surface area contributed by atoms with Crippen LogP contribution in [-0.2, 0) is 28.4 Å². The van der Waals surface area contributed by atoms with E-state index in [1.165, 1.54) is 0 Å². The van der Waals surface area contributed by atoms with Gasteiger partial charge in [-0.05, 0) is 0 Å². The van der Waals surface area contributed by atoms with E-state index in [2.05, 4.69) is 10.6 Å². The quantitative estimate of drug-likeness (QED) is 0.0811. The SMILES string of the molecule is O=C(NC[C@H]1O[C@@H](n2ccc(=O)[nH]c2=O)[C@H](O)[C@@H]1O)OCCOCCOCCOC(=O)NC[C@H]1O[C@@H](n2ccc(=O)[nH]c2=O)[C@H](O)[C@@H]1O. The zero-order chi connectivity index (χ0) is 34.8. The van der Waals surface area contributed by atoms with E-state index in [9.17, 15) is 49.2 Å². The molecular weight excluding hydrogens is 652 g/mol. The Morgan fingerprint density at radius 1 is 0.646 bits per heavy atom. The molecule has 2 fully saturated rings. The van der Waals surface area contributed by atoms with Crippen LogP contribution < -0.4 is 33.1 Å². The van der Waals surface area contributed by atoms with Crippen LogP contribution in [0.3, 0.4) is 0 Å². The minimum absolute atomic E-state index is 0.0235. The second-order valence-electron chi connectivity index (χ2n) is 10.4. The molecule has 2 aromatic rings. The summed E-state index contributed by atoms with van der Waals surface area (Å²) >= 11 is 0. The summed E-state index contributed by atoms with van der Waals surface area (Å²) in [7, 11) is 0. The fourth-order valence-corrected chi connectivity index (χ4v) is 4.69. The van der Waals surface area contributed by atoms with Gasteiger partial charge >= 0.3 is 23.6 Å². The number of ether oxygens (including phenoxy) is 6. The predicted molar refractivity (Wildman–Crippen MR) is 155 cm³/mol. The molecule has 22 heteroatoms. The van der Waals surface area contributed by atoms with Crippen molar-refractivity contribution in [1.82, 2.24) is 29.7 Å². The van der Waals surface area contributed by atoms with Crippen molar-refractivity contribution in [3.8, 4) is 0 Å². The van der Waals surface area contributed by atoms with E-state index in [-0.39, 0.29) is 52.7 Å². The highest BCUT2D eigenvalue weighted by Gasteiger charge is 2.45. The van der Waals surface area contributed by atoms with Crippen molar-refractivity contribution >= 4 is 12.2 Å². The summed E-state index contributed by atoms with van der Waals surface area (Å²) in [5.74, 6) is 0. The van der Waals surface area contributed by atoms with Crippen molar-refractivity contribution in [3.05, 3.63) is 66.2 Å². The van der Waals surface area contributed by atoms with Crippen LogP contribution in [0, 0.1) is 0 Å². The van der Waals surface area contributed by atoms with Crippen LogP contribution in [0.25, 0.3) is 0 Å². The molecule has 0 spiro atoms. The van der Waals surface area contributed by atoms with Crippen LogP contribution in [0.4, 0.5) is 9.59 Å². The number of H-pyrrole nitrogens is 2. The summed E-state index contributed by atoms with van der Waals surface area (Å²) in [6, 6.07) is 2.10. The molecule has 2 amide bonds. The van der Waals surface area contributed by atoms with Gasteiger partial charge in [0.2, 0.25) is 0 Å². The first-order chi connectivity index (χ1) is 23.0. The Balaban J connectivity index is 0.997. The number of aromatic nitrogens is 4. The van der Waals surface area contributed by atoms with Gasteiger partial charge in [-0.1, -0.05) is 0 Å². The number of nitrogens with zero attached hydrogens (tertiary/aromatic N) is 2. The molecule has 2 aromatic heterocycles. The van der Waals surface area contributed by atoms with Crippen molar-refractivity contribution in [3.63, 3.8) is 0 Å². The standard InChI is InChI=1S/C26H36N6O16/c33-15-1-3-31(23(39)29-15)21-19(37)17(35)13(47-21)11-27-25(41)45-9-7-43-5-6-44-8-10-46-26(42)28-12-14-18(36)20(38)22(48-14)32-4-2-16(34)30-24(32)40/h1-4,13-14,17-22,35-38H,5-12H2,(H,27,41)(H,28,42)(H,29,33,39)(H,30,34,40)/t13-,14-,17-,18-,19-,20-,21-,22-/m1/s1. The minimum atomic E-state index is -1.50. The molecule has 2 aliphatic rings. The van der Waals surface area contributed by atoms with Crippen LogP contribution in [0.15, 0.2) is 43.7 Å². The first-order valence-corrected chi connectivity index (χ1v) is 14.6. The summed E-state index contributed by atoms with van der Waals surface area (Å²) in [4.78, 5) is 74.2. The Kier molecular flexibility index (Phi) is 13.0. The minimum Gasteiger partial charge on any atom is -0.447 e. The Morgan fingerprint density at radius 3 is 1.40 bits per heavy atom. The first kappa shape index (κ1) is 36.4. The average Bonchev–Trinajstić information content (AvgIpc) is 3.49. The predicted octanol–water partition coefficient (Wildman–Crippen LogP) is -5.19. The van der Waals surface area contributed by atoms with Gasteiger partial charge < -0.3 is 59.5 Å². The van der Waals surface area contributed by atoms with Crippen molar-refractivity contribution in [2.24, 2.45) is 0 Å². The number of alkyl carbamates (subject to hydrolysis) is 2. The van der Waals surface area contributed by atoms with E-state index < -0.39 is 83.8 Å². The second-order valence-corrected chi connectivity index (χ2v) is 10.4. The number of amides is 2. The highest BCUT2D eigenvalue weighted by Crippen LogP contribution is 2.28. The maximum absolute atomic E-state index is 11.9. The summed E-state index contributed by atoms with van der Waals surface area (Å²) in [5, 5.41) is 45.6. The van der Waals surface area contributed by atoms with Gasteiger partial charge in [-0.3, -0.25) is 28.7 Å². The number of rotatable bonds is 15. The van der Waals surface area contributed by atoms with Crippen molar-refractivity contribution in [2.75, 3.05) is 52.7 Å². The second kappa shape index (κ2) is 17.1. The van der Waals surface area contributed by atoms with Crippen LogP contribution in [0.2, 0.25) is 0 Å². The molecule has 4 rings (SSSR count). The molecule has 4 heterocycles. The molecule has 8 atom stereocenters. The highest BCUT2D eigenvalue weighted by molar-refractivity contribution is 5.67. The van der Waals surface area contributed by atoms with Crippen molar-refractivity contribution in [2.45, 2.75) is 49.1 Å². The largest absolute Gasteiger partial charge is 0.447 e. The molecule has 0 aromatic carbocycles. The van der Waals surface area contributed by atoms with E-state index in [4.69, 9.17) is 28.4 Å². The van der Waals surface area contributed by atoms with Gasteiger partial charge in [0.15, 0.2) is 12.5 Å². The number of nitrogens with one attached hydrogen (secondary N) is 4. The van der Waals surface area contributed by atoms with Gasteiger partial charge in [-0.15, -0.1) is 0 Å². The Bertz CT molecular complexity index is 1490. The number of carbonyl (C=O) groups is 2. The van der Waals surface area contributed by atoms with Gasteiger partial charge in [-0.25, -0.2) is 19.2 Å². The molecule has 0 aliphatic carbocycles. The summed E-state index contributed by atoms with van der Waals surface area (Å²) in [6.07, 6.45) is -10.1. The third-order valence-electron chi connectivity index (χ3n) is 7.11. The lowest BCUT2D eigenvalue weighted by Gasteiger charge is -2.16. The average molecular weight is 689 g/mol. The molecule has 2 saturated heterocycles. The van der Waals surface area contributed by atoms with Crippen LogP contribution in [0.1, 0.15) is 12.5 Å². The molecular formula is C26H36N6O16. The lowest BCUT2D eigenvalue weighted by molar-refractivity contribution is -0.0392. The molecule has 0 radical (unpaired) electrons. The molecule has 0 saturated carbocycles. The van der Waals surface area contributed by atoms with Gasteiger partial charge in [0, 0.05) is 37.6 Å². The molecule has 0 bridgehead atoms. The number of aromatic amines is 2. The lowest BCUT2D eigenvalue weighted by atomic mass is 10.1. The van der Waals surface area contributed by atoms with Crippen molar-refractivity contribution < 1.29 is 58.4 Å². The Morgan fingerprint density at radius 2 is 1.02 bits per heavy atom. The van der Waals surface area contributed by atoms with E-state index in [0.717, 1.165) is 33.7 Å². The molecule has 2 aliphatic heterocycles. The molecule has 0 unspecified atom stereocenters. The number of carbonyl (C=O) groups excluding carboxylic acids is 2. The zero-order valence-electron chi connectivity index (χ0n) is 25.2. The molecule has 22 nitrogen and oxygen atoms in total. The fraction of sp³-hybridized carbons (Fsp3) is 0.615. The van der Waals surface area contributed by atoms with Gasteiger partial charge in [0.05, 0.1) is 26.4 Å². The number of aliphatic hydroxyl groups is 4. The maximum Gasteiger partial charge on any atom is 0.407 e. The Hall–Kier alpha value is -4.42. The van der Waals surface area contributed by atoms with E-state index >= 15 is 0 Å². The number of hydrogen-bond donors (Lipinski definition) is 8. The number of hydrogen-bond acceptors (Lipinski definition) is 16. The van der Waals surface area contributed by atoms with Crippen molar-refractivity contribution in [1.29, 1.82) is 0 Å². The van der Waals surface area contributed by atoms with E-state index in [0.29, 0.717) is 0 Å². The van der Waals surface area contributed by atoms with Crippen LogP contribution in [0.5, 0.6) is 0 Å². The van der Waals surface area contributed by atoms with E-state index in [1.807, 2.05) is 9.97 Å². The molecule has 48 heavy (non-hydrogen) atoms. The topological polar surface area (TPSA) is 304 Å². The van der Waals surface area contributed by atoms with E-state index in [1.54, 1.807) is 0 Å². The lowest BCUT2D eigenvalue weighted by Crippen LogP contribution is -2.40. The Labute approximate surface area is 268 Å². The zero-order valence-corrected chi connectivity index (χ0v) is 25.2. The third-order valence-corrected chi connectivity index (χ3v) is 7.11. The smallest absolute Gasteiger partial charge is 0.407 e. The molecule has 266 valence electrons. The number of aliphatic hydroxyl groups excluding tert-OH is 4. The normalized spacial score (nSPS) is 26.7. The summed E-state index contributed by atoms with van der Waals surface area (Å²) in [5.41, 5.74) is -2.97.